The molecule has 0 unspecified atom stereocenters. The van der Waals surface area contributed by atoms with Crippen LogP contribution < -0.4 is 5.32 Å². The summed E-state index contributed by atoms with van der Waals surface area (Å²) in [6, 6.07) is 0. The van der Waals surface area contributed by atoms with Crippen LogP contribution in [0, 0.1) is 0 Å². The summed E-state index contributed by atoms with van der Waals surface area (Å²) in [5, 5.41) is 2.70. The van der Waals surface area contributed by atoms with Crippen LogP contribution in [0.4, 0.5) is 0 Å². The molecule has 3 amide bonds. The quantitative estimate of drug-likeness (QED) is 0.289. The maximum absolute atomic E-state index is 12.4. The molecule has 0 aromatic rings. The van der Waals surface area contributed by atoms with Crippen molar-refractivity contribution in [3.63, 3.8) is 0 Å². The highest BCUT2D eigenvalue weighted by Crippen LogP contribution is 2.05. The van der Waals surface area contributed by atoms with E-state index < -0.39 is 0 Å². The first-order valence-electron chi connectivity index (χ1n) is 9.97. The number of amides is 3. The molecule has 7 nitrogen and oxygen atoms in total. The normalized spacial score (nSPS) is 10.5. The Labute approximate surface area is 198 Å². The number of Topliss-reactive ketones (excluding diaryl/α,β-unsaturated/α-hetero) is 1. The van der Waals surface area contributed by atoms with Gasteiger partial charge in [0.05, 0.1) is 0 Å². The van der Waals surface area contributed by atoms with Crippen LogP contribution in [0.3, 0.4) is 0 Å². The Morgan fingerprint density at radius 3 is 1.60 bits per heavy atom. The Morgan fingerprint density at radius 2 is 1.10 bits per heavy atom. The second kappa shape index (κ2) is 19.0. The lowest BCUT2D eigenvalue weighted by Gasteiger charge is -2.28. The second-order valence-corrected chi connectivity index (χ2v) is 8.02. The molecule has 0 rings (SSSR count). The van der Waals surface area contributed by atoms with Crippen molar-refractivity contribution in [2.24, 2.45) is 0 Å². The number of halogens is 4. The minimum atomic E-state index is -0.185. The number of alkyl halides is 4. The van der Waals surface area contributed by atoms with Crippen LogP contribution >= 0.6 is 46.4 Å². The van der Waals surface area contributed by atoms with Crippen LogP contribution in [0.2, 0.25) is 0 Å². The van der Waals surface area contributed by atoms with E-state index in [9.17, 15) is 19.2 Å². The van der Waals surface area contributed by atoms with Crippen LogP contribution in [0.15, 0.2) is 0 Å². The Hall–Kier alpha value is -0.760. The summed E-state index contributed by atoms with van der Waals surface area (Å²) >= 11 is 22.5. The number of rotatable bonds is 18. The van der Waals surface area contributed by atoms with Gasteiger partial charge < -0.3 is 15.1 Å². The predicted molar refractivity (Wildman–Crippen MR) is 122 cm³/mol. The third kappa shape index (κ3) is 14.3. The lowest BCUT2D eigenvalue weighted by molar-refractivity contribution is -0.135. The molecule has 0 aromatic heterocycles. The lowest BCUT2D eigenvalue weighted by Crippen LogP contribution is -2.44. The van der Waals surface area contributed by atoms with Gasteiger partial charge in [-0.3, -0.25) is 19.2 Å². The van der Waals surface area contributed by atoms with E-state index in [4.69, 9.17) is 46.4 Å². The summed E-state index contributed by atoms with van der Waals surface area (Å²) in [5.41, 5.74) is 0. The van der Waals surface area contributed by atoms with Crippen molar-refractivity contribution in [3.05, 3.63) is 0 Å². The molecule has 11 heteroatoms. The van der Waals surface area contributed by atoms with Gasteiger partial charge in [-0.1, -0.05) is 0 Å². The third-order valence-electron chi connectivity index (χ3n) is 4.24. The molecule has 1 N–H and O–H groups in total. The molecule has 0 aromatic carbocycles. The van der Waals surface area contributed by atoms with Gasteiger partial charge in [0.2, 0.25) is 17.7 Å². The molecule has 0 aliphatic carbocycles. The fourth-order valence-electron chi connectivity index (χ4n) is 2.64. The summed E-state index contributed by atoms with van der Waals surface area (Å²) in [6.07, 6.45) is 1.74. The summed E-state index contributed by atoms with van der Waals surface area (Å²) in [7, 11) is 0. The smallest absolute Gasteiger partial charge is 0.223 e. The molecule has 0 saturated carbocycles. The van der Waals surface area contributed by atoms with E-state index in [1.54, 1.807) is 9.80 Å². The molecule has 0 saturated heterocycles. The number of carbonyl (C=O) groups excluding carboxylic acids is 4. The van der Waals surface area contributed by atoms with Gasteiger partial charge in [0.25, 0.3) is 0 Å². The average molecular weight is 507 g/mol. The van der Waals surface area contributed by atoms with E-state index in [0.29, 0.717) is 45.4 Å². The minimum absolute atomic E-state index is 0.0568. The average Bonchev–Trinajstić information content (AvgIpc) is 2.69. The van der Waals surface area contributed by atoms with E-state index in [-0.39, 0.29) is 72.8 Å². The lowest BCUT2D eigenvalue weighted by atomic mass is 10.1. The topological polar surface area (TPSA) is 86.8 Å². The molecule has 0 aliphatic heterocycles. The number of carbonyl (C=O) groups is 4. The van der Waals surface area contributed by atoms with Crippen molar-refractivity contribution < 1.29 is 19.2 Å². The van der Waals surface area contributed by atoms with Gasteiger partial charge in [-0.25, -0.2) is 0 Å². The first kappa shape index (κ1) is 29.2. The summed E-state index contributed by atoms with van der Waals surface area (Å²) in [4.78, 5) is 51.1. The highest BCUT2D eigenvalue weighted by Gasteiger charge is 2.18. The van der Waals surface area contributed by atoms with Crippen LogP contribution in [0.1, 0.15) is 38.5 Å². The van der Waals surface area contributed by atoms with Crippen molar-refractivity contribution in [3.8, 4) is 0 Å². The zero-order valence-corrected chi connectivity index (χ0v) is 20.2. The monoisotopic (exact) mass is 505 g/mol. The van der Waals surface area contributed by atoms with Crippen molar-refractivity contribution in [2.75, 3.05) is 56.2 Å². The summed E-state index contributed by atoms with van der Waals surface area (Å²) < 4.78 is 0. The Kier molecular flexibility index (Phi) is 18.5. The molecule has 30 heavy (non-hydrogen) atoms. The third-order valence-corrected chi connectivity index (χ3v) is 5.00. The molecule has 0 heterocycles. The molecule has 0 radical (unpaired) electrons. The Morgan fingerprint density at radius 1 is 0.600 bits per heavy atom. The highest BCUT2D eigenvalue weighted by atomic mass is 35.5. The first-order valence-corrected chi connectivity index (χ1v) is 12.1. The standard InChI is InChI=1S/C19H31Cl4N3O4/c20-7-3-16(27)2-1-12-25(18(29)5-9-22)14-15-26(19(30)6-10-23)13-11-24-17(28)4-8-21/h1-15H2,(H,24,28). The number of nitrogens with one attached hydrogen (secondary N) is 1. The Bertz CT molecular complexity index is 492. The van der Waals surface area contributed by atoms with Crippen LogP contribution in [-0.2, 0) is 19.2 Å². The van der Waals surface area contributed by atoms with Crippen molar-refractivity contribution >= 4 is 69.9 Å². The second-order valence-electron chi connectivity index (χ2n) is 6.51. The molecule has 174 valence electrons. The van der Waals surface area contributed by atoms with Crippen LogP contribution in [-0.4, -0.2) is 89.5 Å². The van der Waals surface area contributed by atoms with Gasteiger partial charge in [-0.05, 0) is 6.42 Å². The molecule has 0 bridgehead atoms. The van der Waals surface area contributed by atoms with Crippen molar-refractivity contribution in [2.45, 2.75) is 38.5 Å². The van der Waals surface area contributed by atoms with Gasteiger partial charge in [0, 0.05) is 88.3 Å². The maximum atomic E-state index is 12.4. The zero-order valence-electron chi connectivity index (χ0n) is 17.1. The number of hydrogen-bond donors (Lipinski definition) is 1. The molecule has 0 aliphatic rings. The highest BCUT2D eigenvalue weighted by molar-refractivity contribution is 6.19. The van der Waals surface area contributed by atoms with Gasteiger partial charge in [0.15, 0.2) is 0 Å². The van der Waals surface area contributed by atoms with Crippen molar-refractivity contribution in [1.29, 1.82) is 0 Å². The largest absolute Gasteiger partial charge is 0.354 e. The summed E-state index contributed by atoms with van der Waals surface area (Å²) in [5.74, 6) is 0.483. The predicted octanol–water partition coefficient (Wildman–Crippen LogP) is 2.62. The zero-order chi connectivity index (χ0) is 22.8. The Balaban J connectivity index is 4.80. The fraction of sp³-hybridized carbons (Fsp3) is 0.789. The van der Waals surface area contributed by atoms with E-state index in [1.165, 1.54) is 0 Å². The minimum Gasteiger partial charge on any atom is -0.354 e. The number of nitrogens with zero attached hydrogens (tertiary/aromatic N) is 2. The van der Waals surface area contributed by atoms with Crippen molar-refractivity contribution in [1.82, 2.24) is 15.1 Å². The van der Waals surface area contributed by atoms with E-state index in [1.807, 2.05) is 0 Å². The van der Waals surface area contributed by atoms with Gasteiger partial charge in [-0.2, -0.15) is 0 Å². The van der Waals surface area contributed by atoms with E-state index in [0.717, 1.165) is 0 Å². The van der Waals surface area contributed by atoms with Gasteiger partial charge >= 0.3 is 0 Å². The molecule has 0 fully saturated rings. The fourth-order valence-corrected chi connectivity index (χ4v) is 3.35. The van der Waals surface area contributed by atoms with E-state index in [2.05, 4.69) is 5.32 Å². The van der Waals surface area contributed by atoms with Crippen LogP contribution in [0.5, 0.6) is 0 Å². The number of hydrogen-bond acceptors (Lipinski definition) is 4. The van der Waals surface area contributed by atoms with Gasteiger partial charge in [-0.15, -0.1) is 46.4 Å². The van der Waals surface area contributed by atoms with Crippen LogP contribution in [0.25, 0.3) is 0 Å². The molecular formula is C19H31Cl4N3O4. The SMILES string of the molecule is O=C(CCCl)CCCN(CCN(CCNC(=O)CCCl)C(=O)CCCl)C(=O)CCCl. The molecular weight excluding hydrogens is 476 g/mol. The first-order chi connectivity index (χ1) is 14.4. The molecule has 0 spiro atoms. The maximum Gasteiger partial charge on any atom is 0.223 e. The number of ketones is 1. The van der Waals surface area contributed by atoms with E-state index >= 15 is 0 Å². The summed E-state index contributed by atoms with van der Waals surface area (Å²) in [6.45, 7) is 1.59. The van der Waals surface area contributed by atoms with Gasteiger partial charge in [0.1, 0.15) is 5.78 Å². The molecule has 0 atom stereocenters.